The van der Waals surface area contributed by atoms with E-state index in [-0.39, 0.29) is 6.10 Å². The Morgan fingerprint density at radius 3 is 2.84 bits per heavy atom. The maximum absolute atomic E-state index is 9.79. The molecular formula is C15H21ClN2O. The molecule has 0 spiro atoms. The quantitative estimate of drug-likeness (QED) is 0.897. The number of benzene rings is 1. The molecular weight excluding hydrogens is 260 g/mol. The van der Waals surface area contributed by atoms with Gasteiger partial charge in [0.25, 0.3) is 0 Å². The van der Waals surface area contributed by atoms with E-state index in [1.54, 1.807) is 0 Å². The monoisotopic (exact) mass is 280 g/mol. The van der Waals surface area contributed by atoms with E-state index in [0.717, 1.165) is 37.6 Å². The summed E-state index contributed by atoms with van der Waals surface area (Å²) >= 11 is 6.25. The van der Waals surface area contributed by atoms with Crippen LogP contribution in [-0.2, 0) is 6.54 Å². The molecule has 2 aliphatic heterocycles. The fourth-order valence-electron chi connectivity index (χ4n) is 3.34. The van der Waals surface area contributed by atoms with Crippen LogP contribution in [-0.4, -0.2) is 52.7 Å². The van der Waals surface area contributed by atoms with Gasteiger partial charge in [0.2, 0.25) is 0 Å². The molecule has 3 atom stereocenters. The van der Waals surface area contributed by atoms with E-state index < -0.39 is 0 Å². The molecule has 1 unspecified atom stereocenters. The topological polar surface area (TPSA) is 26.7 Å². The standard InChI is InChI=1S/C15H21ClN2O/c1-11-7-18-10-14(19)6-13(18)9-17(11)8-12-4-2-3-5-15(12)16/h2-5,11,13-14,19H,6-10H2,1H3/t11-,13?,14+/m0/s1. The van der Waals surface area contributed by atoms with Gasteiger partial charge in [0, 0.05) is 43.3 Å². The van der Waals surface area contributed by atoms with E-state index in [1.165, 1.54) is 5.56 Å². The highest BCUT2D eigenvalue weighted by Gasteiger charge is 2.38. The Kier molecular flexibility index (Phi) is 3.81. The molecule has 104 valence electrons. The molecule has 0 aromatic heterocycles. The molecule has 0 amide bonds. The lowest BCUT2D eigenvalue weighted by molar-refractivity contribution is 0.0529. The summed E-state index contributed by atoms with van der Waals surface area (Å²) in [5.74, 6) is 0. The Labute approximate surface area is 119 Å². The molecule has 1 N–H and O–H groups in total. The second-order valence-corrected chi connectivity index (χ2v) is 6.27. The summed E-state index contributed by atoms with van der Waals surface area (Å²) < 4.78 is 0. The third-order valence-corrected chi connectivity index (χ3v) is 4.77. The summed E-state index contributed by atoms with van der Waals surface area (Å²) in [5, 5.41) is 10.6. The van der Waals surface area contributed by atoms with Gasteiger partial charge in [-0.25, -0.2) is 0 Å². The Morgan fingerprint density at radius 1 is 1.26 bits per heavy atom. The van der Waals surface area contributed by atoms with Gasteiger partial charge >= 0.3 is 0 Å². The van der Waals surface area contributed by atoms with Crippen LogP contribution in [0.4, 0.5) is 0 Å². The Balaban J connectivity index is 1.70. The predicted molar refractivity (Wildman–Crippen MR) is 77.3 cm³/mol. The molecule has 0 aliphatic carbocycles. The fourth-order valence-corrected chi connectivity index (χ4v) is 3.54. The maximum atomic E-state index is 9.79. The van der Waals surface area contributed by atoms with Crippen molar-refractivity contribution in [1.29, 1.82) is 0 Å². The van der Waals surface area contributed by atoms with Crippen LogP contribution >= 0.6 is 11.6 Å². The third kappa shape index (κ3) is 2.79. The van der Waals surface area contributed by atoms with Gasteiger partial charge in [0.1, 0.15) is 0 Å². The van der Waals surface area contributed by atoms with Crippen molar-refractivity contribution in [3.8, 4) is 0 Å². The molecule has 0 radical (unpaired) electrons. The SMILES string of the molecule is C[C@H]1CN2C[C@H](O)CC2CN1Cc1ccccc1Cl. The number of rotatable bonds is 2. The first-order valence-corrected chi connectivity index (χ1v) is 7.41. The molecule has 2 fully saturated rings. The number of hydrogen-bond acceptors (Lipinski definition) is 3. The van der Waals surface area contributed by atoms with Crippen molar-refractivity contribution in [2.24, 2.45) is 0 Å². The van der Waals surface area contributed by atoms with Gasteiger partial charge in [0.15, 0.2) is 0 Å². The molecule has 2 aliphatic rings. The van der Waals surface area contributed by atoms with Crippen LogP contribution in [0.1, 0.15) is 18.9 Å². The molecule has 1 aromatic carbocycles. The van der Waals surface area contributed by atoms with E-state index in [0.29, 0.717) is 12.1 Å². The van der Waals surface area contributed by atoms with Crippen molar-refractivity contribution in [1.82, 2.24) is 9.80 Å². The number of fused-ring (bicyclic) bond motifs is 1. The number of nitrogens with zero attached hydrogens (tertiary/aromatic N) is 2. The second kappa shape index (κ2) is 5.41. The molecule has 3 rings (SSSR count). The van der Waals surface area contributed by atoms with Crippen molar-refractivity contribution < 1.29 is 5.11 Å². The van der Waals surface area contributed by atoms with E-state index in [4.69, 9.17) is 11.6 Å². The van der Waals surface area contributed by atoms with Gasteiger partial charge in [-0.15, -0.1) is 0 Å². The first-order valence-electron chi connectivity index (χ1n) is 7.03. The summed E-state index contributed by atoms with van der Waals surface area (Å²) in [6.07, 6.45) is 0.767. The highest BCUT2D eigenvalue weighted by molar-refractivity contribution is 6.31. The second-order valence-electron chi connectivity index (χ2n) is 5.87. The Bertz CT molecular complexity index is 454. The van der Waals surface area contributed by atoms with Crippen LogP contribution < -0.4 is 0 Å². The van der Waals surface area contributed by atoms with E-state index in [2.05, 4.69) is 22.8 Å². The van der Waals surface area contributed by atoms with Crippen LogP contribution in [0, 0.1) is 0 Å². The van der Waals surface area contributed by atoms with Gasteiger partial charge in [-0.3, -0.25) is 9.80 Å². The average Bonchev–Trinajstić information content (AvgIpc) is 2.71. The van der Waals surface area contributed by atoms with Crippen molar-refractivity contribution in [2.75, 3.05) is 19.6 Å². The van der Waals surface area contributed by atoms with Crippen LogP contribution in [0.25, 0.3) is 0 Å². The number of piperazine rings is 1. The van der Waals surface area contributed by atoms with Crippen molar-refractivity contribution >= 4 is 11.6 Å². The first-order chi connectivity index (χ1) is 9.13. The maximum Gasteiger partial charge on any atom is 0.0682 e. The van der Waals surface area contributed by atoms with Gasteiger partial charge in [-0.1, -0.05) is 29.8 Å². The largest absolute Gasteiger partial charge is 0.392 e. The third-order valence-electron chi connectivity index (χ3n) is 4.40. The van der Waals surface area contributed by atoms with Gasteiger partial charge in [-0.05, 0) is 25.0 Å². The highest BCUT2D eigenvalue weighted by atomic mass is 35.5. The normalized spacial score (nSPS) is 32.5. The lowest BCUT2D eigenvalue weighted by atomic mass is 10.1. The smallest absolute Gasteiger partial charge is 0.0682 e. The highest BCUT2D eigenvalue weighted by Crippen LogP contribution is 2.27. The zero-order valence-corrected chi connectivity index (χ0v) is 12.1. The first kappa shape index (κ1) is 13.4. The van der Waals surface area contributed by atoms with Crippen LogP contribution in [0.3, 0.4) is 0 Å². The molecule has 19 heavy (non-hydrogen) atoms. The number of aliphatic hydroxyl groups is 1. The summed E-state index contributed by atoms with van der Waals surface area (Å²) in [7, 11) is 0. The summed E-state index contributed by atoms with van der Waals surface area (Å²) in [5.41, 5.74) is 1.20. The number of aliphatic hydroxyl groups excluding tert-OH is 1. The molecule has 1 aromatic rings. The number of hydrogen-bond donors (Lipinski definition) is 1. The van der Waals surface area contributed by atoms with E-state index >= 15 is 0 Å². The summed E-state index contributed by atoms with van der Waals surface area (Å²) in [6.45, 7) is 6.09. The van der Waals surface area contributed by atoms with Crippen molar-refractivity contribution in [3.05, 3.63) is 34.9 Å². The minimum absolute atomic E-state index is 0.141. The van der Waals surface area contributed by atoms with Gasteiger partial charge in [-0.2, -0.15) is 0 Å². The lowest BCUT2D eigenvalue weighted by Gasteiger charge is -2.42. The minimum atomic E-state index is -0.141. The molecule has 0 saturated carbocycles. The van der Waals surface area contributed by atoms with Gasteiger partial charge in [0.05, 0.1) is 6.10 Å². The zero-order valence-electron chi connectivity index (χ0n) is 11.3. The van der Waals surface area contributed by atoms with E-state index in [1.807, 2.05) is 18.2 Å². The molecule has 0 bridgehead atoms. The van der Waals surface area contributed by atoms with Crippen molar-refractivity contribution in [3.63, 3.8) is 0 Å². The lowest BCUT2D eigenvalue weighted by Crippen LogP contribution is -2.54. The number of halogens is 1. The van der Waals surface area contributed by atoms with Crippen LogP contribution in [0.5, 0.6) is 0 Å². The predicted octanol–water partition coefficient (Wildman–Crippen LogP) is 1.98. The minimum Gasteiger partial charge on any atom is -0.392 e. The average molecular weight is 281 g/mol. The van der Waals surface area contributed by atoms with Crippen LogP contribution in [0.15, 0.2) is 24.3 Å². The molecule has 2 heterocycles. The van der Waals surface area contributed by atoms with Crippen molar-refractivity contribution in [2.45, 2.75) is 38.1 Å². The van der Waals surface area contributed by atoms with E-state index in [9.17, 15) is 5.11 Å². The van der Waals surface area contributed by atoms with Gasteiger partial charge < -0.3 is 5.11 Å². The molecule has 2 saturated heterocycles. The Hall–Kier alpha value is -0.610. The van der Waals surface area contributed by atoms with Crippen LogP contribution in [0.2, 0.25) is 5.02 Å². The zero-order chi connectivity index (χ0) is 13.4. The molecule has 4 heteroatoms. The molecule has 3 nitrogen and oxygen atoms in total. The summed E-state index contributed by atoms with van der Waals surface area (Å²) in [6, 6.07) is 9.09. The summed E-state index contributed by atoms with van der Waals surface area (Å²) in [4.78, 5) is 4.92. The fraction of sp³-hybridized carbons (Fsp3) is 0.600. The Morgan fingerprint density at radius 2 is 2.05 bits per heavy atom.